The Bertz CT molecular complexity index is 854. The van der Waals surface area contributed by atoms with Gasteiger partial charge in [-0.2, -0.15) is 0 Å². The number of nitrogens with zero attached hydrogens (tertiary/aromatic N) is 1. The molecule has 2 N–H and O–H groups in total. The molecule has 0 aliphatic heterocycles. The minimum Gasteiger partial charge on any atom is -0.486 e. The Balaban J connectivity index is 1.64. The molecule has 1 aromatic heterocycles. The van der Waals surface area contributed by atoms with Crippen LogP contribution in [0.4, 0.5) is 5.69 Å². The number of amides is 1. The molecular weight excluding hydrogens is 368 g/mol. The zero-order valence-corrected chi connectivity index (χ0v) is 15.2. The number of aromatic nitrogens is 1. The summed E-state index contributed by atoms with van der Waals surface area (Å²) in [4.78, 5) is 28.0. The molecule has 1 aliphatic carbocycles. The first kappa shape index (κ1) is 18.9. The summed E-state index contributed by atoms with van der Waals surface area (Å²) in [5.74, 6) is -2.14. The number of nitrogens with one attached hydrogen (secondary N) is 1. The minimum absolute atomic E-state index is 0.279. The van der Waals surface area contributed by atoms with Crippen LogP contribution in [0.15, 0.2) is 54.7 Å². The van der Waals surface area contributed by atoms with Crippen molar-refractivity contribution in [3.05, 3.63) is 65.5 Å². The van der Waals surface area contributed by atoms with E-state index >= 15 is 0 Å². The number of benzene rings is 1. The lowest BCUT2D eigenvalue weighted by Crippen LogP contribution is -2.34. The summed E-state index contributed by atoms with van der Waals surface area (Å²) in [6.07, 6.45) is 6.08. The van der Waals surface area contributed by atoms with Crippen molar-refractivity contribution in [2.24, 2.45) is 11.8 Å². The summed E-state index contributed by atoms with van der Waals surface area (Å²) in [7, 11) is 0. The number of ether oxygens (including phenoxy) is 1. The predicted molar refractivity (Wildman–Crippen MR) is 102 cm³/mol. The van der Waals surface area contributed by atoms with Crippen LogP contribution in [-0.4, -0.2) is 22.0 Å². The molecule has 2 unspecified atom stereocenters. The second-order valence-corrected chi connectivity index (χ2v) is 6.65. The van der Waals surface area contributed by atoms with Gasteiger partial charge >= 0.3 is 5.97 Å². The van der Waals surface area contributed by atoms with Crippen LogP contribution in [0.2, 0.25) is 5.02 Å². The van der Waals surface area contributed by atoms with Gasteiger partial charge in [0.1, 0.15) is 12.4 Å². The van der Waals surface area contributed by atoms with Gasteiger partial charge in [0.15, 0.2) is 0 Å². The van der Waals surface area contributed by atoms with Crippen molar-refractivity contribution in [2.75, 3.05) is 5.32 Å². The van der Waals surface area contributed by atoms with Gasteiger partial charge in [0.05, 0.1) is 22.6 Å². The molecule has 0 radical (unpaired) electrons. The first-order valence-electron chi connectivity index (χ1n) is 8.55. The lowest BCUT2D eigenvalue weighted by Gasteiger charge is -2.24. The number of anilines is 1. The maximum atomic E-state index is 12.5. The molecule has 3 rings (SSSR count). The third kappa shape index (κ3) is 4.86. The highest BCUT2D eigenvalue weighted by atomic mass is 35.5. The maximum Gasteiger partial charge on any atom is 0.307 e. The zero-order chi connectivity index (χ0) is 19.2. The molecule has 0 spiro atoms. The molecule has 1 amide bonds. The van der Waals surface area contributed by atoms with Crippen LogP contribution in [0.25, 0.3) is 0 Å². The highest BCUT2D eigenvalue weighted by Gasteiger charge is 2.33. The number of hydrogen-bond acceptors (Lipinski definition) is 4. The van der Waals surface area contributed by atoms with Crippen molar-refractivity contribution in [1.29, 1.82) is 0 Å². The molecule has 0 saturated carbocycles. The fourth-order valence-electron chi connectivity index (χ4n) is 2.94. The van der Waals surface area contributed by atoms with E-state index in [0.29, 0.717) is 29.3 Å². The third-order valence-electron chi connectivity index (χ3n) is 4.39. The van der Waals surface area contributed by atoms with Gasteiger partial charge in [0.2, 0.25) is 5.91 Å². The molecule has 6 nitrogen and oxygen atoms in total. The first-order valence-corrected chi connectivity index (χ1v) is 8.93. The highest BCUT2D eigenvalue weighted by molar-refractivity contribution is 6.32. The molecule has 2 atom stereocenters. The topological polar surface area (TPSA) is 88.5 Å². The van der Waals surface area contributed by atoms with Gasteiger partial charge in [-0.3, -0.25) is 14.6 Å². The number of carboxylic acid groups (broad SMARTS) is 1. The standard InChI is InChI=1S/C20H19ClN2O4/c21-17-11-13(8-9-18(17)27-12-14-5-3-4-10-22-14)23-19(24)15-6-1-2-7-16(15)20(25)26/h1-5,8-11,15-16H,6-7,12H2,(H,23,24)(H,25,26). The second-order valence-electron chi connectivity index (χ2n) is 6.24. The average Bonchev–Trinajstić information content (AvgIpc) is 2.68. The molecule has 2 aromatic rings. The number of carboxylic acids is 1. The molecule has 7 heteroatoms. The fraction of sp³-hybridized carbons (Fsp3) is 0.250. The summed E-state index contributed by atoms with van der Waals surface area (Å²) in [6, 6.07) is 10.5. The van der Waals surface area contributed by atoms with Crippen LogP contribution in [0, 0.1) is 11.8 Å². The Morgan fingerprint density at radius 3 is 2.63 bits per heavy atom. The van der Waals surface area contributed by atoms with Crippen molar-refractivity contribution in [3.63, 3.8) is 0 Å². The minimum atomic E-state index is -0.962. The van der Waals surface area contributed by atoms with E-state index in [1.165, 1.54) is 0 Å². The van der Waals surface area contributed by atoms with Crippen molar-refractivity contribution < 1.29 is 19.4 Å². The summed E-state index contributed by atoms with van der Waals surface area (Å²) in [5.41, 5.74) is 1.27. The Labute approximate surface area is 161 Å². The number of allylic oxidation sites excluding steroid dienone is 2. The number of carbonyl (C=O) groups is 2. The highest BCUT2D eigenvalue weighted by Crippen LogP contribution is 2.30. The Morgan fingerprint density at radius 2 is 1.96 bits per heavy atom. The lowest BCUT2D eigenvalue weighted by molar-refractivity contribution is -0.146. The van der Waals surface area contributed by atoms with Gasteiger partial charge in [-0.25, -0.2) is 0 Å². The third-order valence-corrected chi connectivity index (χ3v) is 4.68. The summed E-state index contributed by atoms with van der Waals surface area (Å²) in [5, 5.41) is 12.4. The zero-order valence-electron chi connectivity index (χ0n) is 14.5. The Kier molecular flexibility index (Phi) is 6.08. The number of aliphatic carboxylic acids is 1. The largest absolute Gasteiger partial charge is 0.486 e. The molecule has 0 bridgehead atoms. The number of carbonyl (C=O) groups excluding carboxylic acids is 1. The number of halogens is 1. The summed E-state index contributed by atoms with van der Waals surface area (Å²) >= 11 is 6.24. The van der Waals surface area contributed by atoms with Gasteiger partial charge in [-0.15, -0.1) is 0 Å². The maximum absolute atomic E-state index is 12.5. The van der Waals surface area contributed by atoms with E-state index in [4.69, 9.17) is 16.3 Å². The van der Waals surface area contributed by atoms with E-state index in [0.717, 1.165) is 5.69 Å². The van der Waals surface area contributed by atoms with Crippen LogP contribution >= 0.6 is 11.6 Å². The first-order chi connectivity index (χ1) is 13.0. The average molecular weight is 387 g/mol. The lowest BCUT2D eigenvalue weighted by atomic mass is 9.82. The second kappa shape index (κ2) is 8.68. The Morgan fingerprint density at radius 1 is 1.19 bits per heavy atom. The predicted octanol–water partition coefficient (Wildman–Crippen LogP) is 3.92. The molecule has 0 fully saturated rings. The molecule has 0 saturated heterocycles. The Hall–Kier alpha value is -2.86. The van der Waals surface area contributed by atoms with Gasteiger partial charge in [-0.1, -0.05) is 29.8 Å². The summed E-state index contributed by atoms with van der Waals surface area (Å²) in [6.45, 7) is 0.279. The van der Waals surface area contributed by atoms with Gasteiger partial charge in [0, 0.05) is 11.9 Å². The van der Waals surface area contributed by atoms with Crippen LogP contribution < -0.4 is 10.1 Å². The van der Waals surface area contributed by atoms with E-state index in [9.17, 15) is 14.7 Å². The van der Waals surface area contributed by atoms with Gasteiger partial charge < -0.3 is 15.2 Å². The van der Waals surface area contributed by atoms with Gasteiger partial charge in [0.25, 0.3) is 0 Å². The van der Waals surface area contributed by atoms with E-state index in [1.807, 2.05) is 24.3 Å². The van der Waals surface area contributed by atoms with Crippen LogP contribution in [-0.2, 0) is 16.2 Å². The van der Waals surface area contributed by atoms with E-state index < -0.39 is 17.8 Å². The number of hydrogen-bond donors (Lipinski definition) is 2. The van der Waals surface area contributed by atoms with Gasteiger partial charge in [-0.05, 0) is 43.2 Å². The van der Waals surface area contributed by atoms with E-state index in [-0.39, 0.29) is 12.5 Å². The quantitative estimate of drug-likeness (QED) is 0.734. The molecule has 1 aromatic carbocycles. The van der Waals surface area contributed by atoms with Crippen LogP contribution in [0.1, 0.15) is 18.5 Å². The number of pyridine rings is 1. The fourth-order valence-corrected chi connectivity index (χ4v) is 3.18. The van der Waals surface area contributed by atoms with Crippen molar-refractivity contribution in [2.45, 2.75) is 19.4 Å². The van der Waals surface area contributed by atoms with E-state index in [2.05, 4.69) is 10.3 Å². The van der Waals surface area contributed by atoms with Crippen LogP contribution in [0.3, 0.4) is 0 Å². The molecular formula is C20H19ClN2O4. The SMILES string of the molecule is O=C(O)C1CC=CCC1C(=O)Nc1ccc(OCc2ccccn2)c(Cl)c1. The van der Waals surface area contributed by atoms with E-state index in [1.54, 1.807) is 30.5 Å². The molecule has 27 heavy (non-hydrogen) atoms. The van der Waals surface area contributed by atoms with Crippen molar-refractivity contribution in [3.8, 4) is 5.75 Å². The van der Waals surface area contributed by atoms with Crippen LogP contribution in [0.5, 0.6) is 5.75 Å². The van der Waals surface area contributed by atoms with Crippen molar-refractivity contribution in [1.82, 2.24) is 4.98 Å². The number of rotatable bonds is 6. The normalized spacial score (nSPS) is 18.7. The monoisotopic (exact) mass is 386 g/mol. The summed E-state index contributed by atoms with van der Waals surface area (Å²) < 4.78 is 5.65. The van der Waals surface area contributed by atoms with Crippen molar-refractivity contribution >= 4 is 29.2 Å². The molecule has 1 heterocycles. The molecule has 140 valence electrons. The smallest absolute Gasteiger partial charge is 0.307 e. The molecule has 1 aliphatic rings.